The Morgan fingerprint density at radius 3 is 2.78 bits per heavy atom. The summed E-state index contributed by atoms with van der Waals surface area (Å²) in [4.78, 5) is 12.5. The third-order valence-corrected chi connectivity index (χ3v) is 3.15. The lowest BCUT2D eigenvalue weighted by molar-refractivity contribution is 0.999. The first-order chi connectivity index (χ1) is 8.66. The van der Waals surface area contributed by atoms with Crippen molar-refractivity contribution in [3.05, 3.63) is 46.6 Å². The molecule has 18 heavy (non-hydrogen) atoms. The summed E-state index contributed by atoms with van der Waals surface area (Å²) in [6.07, 6.45) is 1.40. The predicted octanol–water partition coefficient (Wildman–Crippen LogP) is 3.43. The Morgan fingerprint density at radius 2 is 2.00 bits per heavy atom. The monoisotopic (exact) mass is 278 g/mol. The Bertz CT molecular complexity index is 736. The first-order valence-corrected chi connectivity index (χ1v) is 6.04. The summed E-state index contributed by atoms with van der Waals surface area (Å²) in [6.45, 7) is 1.89. The molecular weight excluding hydrogens is 271 g/mol. The molecule has 0 unspecified atom stereocenters. The van der Waals surface area contributed by atoms with Gasteiger partial charge in [-0.05, 0) is 25.1 Å². The van der Waals surface area contributed by atoms with Crippen molar-refractivity contribution in [2.24, 2.45) is 0 Å². The average molecular weight is 279 g/mol. The van der Waals surface area contributed by atoms with Gasteiger partial charge in [-0.25, -0.2) is 15.0 Å². The molecule has 1 aromatic carbocycles. The molecule has 0 amide bonds. The third kappa shape index (κ3) is 1.74. The van der Waals surface area contributed by atoms with E-state index in [0.29, 0.717) is 21.3 Å². The van der Waals surface area contributed by atoms with Gasteiger partial charge in [0, 0.05) is 10.7 Å². The van der Waals surface area contributed by atoms with Crippen molar-refractivity contribution in [2.75, 3.05) is 0 Å². The van der Waals surface area contributed by atoms with E-state index in [1.807, 2.05) is 35.8 Å². The molecule has 6 heteroatoms. The van der Waals surface area contributed by atoms with E-state index in [1.54, 1.807) is 0 Å². The van der Waals surface area contributed by atoms with Gasteiger partial charge in [-0.15, -0.1) is 0 Å². The van der Waals surface area contributed by atoms with Gasteiger partial charge >= 0.3 is 0 Å². The molecule has 0 bridgehead atoms. The van der Waals surface area contributed by atoms with Crippen molar-refractivity contribution in [3.63, 3.8) is 0 Å². The highest BCUT2D eigenvalue weighted by atomic mass is 35.5. The number of nitrogens with zero attached hydrogens (tertiary/aromatic N) is 4. The molecule has 0 fully saturated rings. The molecule has 0 aliphatic heterocycles. The second-order valence-electron chi connectivity index (χ2n) is 3.81. The molecule has 0 saturated heterocycles. The van der Waals surface area contributed by atoms with Crippen molar-refractivity contribution < 1.29 is 0 Å². The maximum absolute atomic E-state index is 6.12. The van der Waals surface area contributed by atoms with Crippen molar-refractivity contribution in [1.29, 1.82) is 0 Å². The van der Waals surface area contributed by atoms with Crippen LogP contribution in [0.2, 0.25) is 10.2 Å². The van der Waals surface area contributed by atoms with E-state index >= 15 is 0 Å². The Kier molecular flexibility index (Phi) is 2.69. The molecule has 2 heterocycles. The van der Waals surface area contributed by atoms with Crippen molar-refractivity contribution in [1.82, 2.24) is 19.5 Å². The van der Waals surface area contributed by atoms with E-state index in [4.69, 9.17) is 23.2 Å². The van der Waals surface area contributed by atoms with Crippen LogP contribution < -0.4 is 0 Å². The fourth-order valence-corrected chi connectivity index (χ4v) is 2.32. The summed E-state index contributed by atoms with van der Waals surface area (Å²) >= 11 is 12.1. The molecule has 90 valence electrons. The van der Waals surface area contributed by atoms with Gasteiger partial charge in [0.2, 0.25) is 0 Å². The zero-order valence-corrected chi connectivity index (χ0v) is 10.9. The van der Waals surface area contributed by atoms with Crippen LogP contribution in [-0.2, 0) is 0 Å². The summed E-state index contributed by atoms with van der Waals surface area (Å²) in [5.41, 5.74) is 2.16. The molecule has 0 aliphatic rings. The van der Waals surface area contributed by atoms with E-state index in [2.05, 4.69) is 15.0 Å². The lowest BCUT2D eigenvalue weighted by Gasteiger charge is -2.07. The highest BCUT2D eigenvalue weighted by molar-refractivity contribution is 6.33. The van der Waals surface area contributed by atoms with Crippen LogP contribution in [0.4, 0.5) is 0 Å². The second kappa shape index (κ2) is 4.23. The van der Waals surface area contributed by atoms with Crippen molar-refractivity contribution in [2.45, 2.75) is 6.92 Å². The normalized spacial score (nSPS) is 11.1. The molecule has 0 radical (unpaired) electrons. The van der Waals surface area contributed by atoms with Gasteiger partial charge in [0.1, 0.15) is 17.7 Å². The number of aromatic nitrogens is 4. The zero-order valence-electron chi connectivity index (χ0n) is 9.43. The van der Waals surface area contributed by atoms with Crippen LogP contribution in [-0.4, -0.2) is 19.5 Å². The van der Waals surface area contributed by atoms with Gasteiger partial charge in [-0.1, -0.05) is 29.3 Å². The summed E-state index contributed by atoms with van der Waals surface area (Å²) in [5, 5.41) is 1.03. The summed E-state index contributed by atoms with van der Waals surface area (Å²) in [6, 6.07) is 7.47. The maximum atomic E-state index is 6.12. The molecule has 0 N–H and O–H groups in total. The van der Waals surface area contributed by atoms with Gasteiger partial charge < -0.3 is 0 Å². The molecule has 2 aromatic heterocycles. The SMILES string of the molecule is Cc1nc2ncnc(Cl)c2n1-c1cccc(Cl)c1. The third-order valence-electron chi connectivity index (χ3n) is 2.64. The minimum atomic E-state index is 0.376. The summed E-state index contributed by atoms with van der Waals surface area (Å²) < 4.78 is 1.89. The van der Waals surface area contributed by atoms with Gasteiger partial charge in [-0.3, -0.25) is 4.57 Å². The van der Waals surface area contributed by atoms with E-state index in [9.17, 15) is 0 Å². The van der Waals surface area contributed by atoms with Gasteiger partial charge in [0.25, 0.3) is 0 Å². The van der Waals surface area contributed by atoms with E-state index in [1.165, 1.54) is 6.33 Å². The van der Waals surface area contributed by atoms with Crippen LogP contribution in [0.1, 0.15) is 5.82 Å². The maximum Gasteiger partial charge on any atom is 0.182 e. The van der Waals surface area contributed by atoms with Crippen LogP contribution in [0, 0.1) is 6.92 Å². The first kappa shape index (κ1) is 11.4. The Morgan fingerprint density at radius 1 is 1.17 bits per heavy atom. The number of halogens is 2. The Labute approximate surface area is 113 Å². The van der Waals surface area contributed by atoms with Crippen LogP contribution in [0.3, 0.4) is 0 Å². The number of imidazole rings is 1. The van der Waals surface area contributed by atoms with Crippen molar-refractivity contribution in [3.8, 4) is 5.69 Å². The zero-order chi connectivity index (χ0) is 12.7. The number of rotatable bonds is 1. The molecule has 0 saturated carbocycles. The fraction of sp³-hybridized carbons (Fsp3) is 0.0833. The van der Waals surface area contributed by atoms with E-state index in [0.717, 1.165) is 11.5 Å². The smallest absolute Gasteiger partial charge is 0.182 e. The Hall–Kier alpha value is -1.65. The van der Waals surface area contributed by atoms with Crippen LogP contribution in [0.15, 0.2) is 30.6 Å². The summed E-state index contributed by atoms with van der Waals surface area (Å²) in [5.74, 6) is 0.787. The predicted molar refractivity (Wildman–Crippen MR) is 71.4 cm³/mol. The standard InChI is InChI=1S/C12H8Cl2N4/c1-7-17-12-10(11(14)15-6-16-12)18(7)9-4-2-3-8(13)5-9/h2-6H,1H3. The highest BCUT2D eigenvalue weighted by Crippen LogP contribution is 2.25. The molecule has 0 spiro atoms. The molecule has 0 aliphatic carbocycles. The van der Waals surface area contributed by atoms with Gasteiger partial charge in [-0.2, -0.15) is 0 Å². The highest BCUT2D eigenvalue weighted by Gasteiger charge is 2.14. The molecule has 3 aromatic rings. The lowest BCUT2D eigenvalue weighted by atomic mass is 10.3. The van der Waals surface area contributed by atoms with Crippen LogP contribution >= 0.6 is 23.2 Å². The van der Waals surface area contributed by atoms with E-state index < -0.39 is 0 Å². The number of aryl methyl sites for hydroxylation is 1. The van der Waals surface area contributed by atoms with Crippen LogP contribution in [0.5, 0.6) is 0 Å². The molecule has 0 atom stereocenters. The average Bonchev–Trinajstić information content (AvgIpc) is 2.67. The first-order valence-electron chi connectivity index (χ1n) is 5.28. The molecular formula is C12H8Cl2N4. The Balaban J connectivity index is 2.38. The van der Waals surface area contributed by atoms with Gasteiger partial charge in [0.15, 0.2) is 10.8 Å². The number of fused-ring (bicyclic) bond motifs is 1. The van der Waals surface area contributed by atoms with Gasteiger partial charge in [0.05, 0.1) is 0 Å². The summed E-state index contributed by atoms with van der Waals surface area (Å²) in [7, 11) is 0. The lowest BCUT2D eigenvalue weighted by Crippen LogP contribution is -1.97. The topological polar surface area (TPSA) is 43.6 Å². The van der Waals surface area contributed by atoms with Crippen LogP contribution in [0.25, 0.3) is 16.9 Å². The number of benzene rings is 1. The quantitative estimate of drug-likeness (QED) is 0.641. The molecule has 3 rings (SSSR count). The molecule has 4 nitrogen and oxygen atoms in total. The largest absolute Gasteiger partial charge is 0.292 e. The second-order valence-corrected chi connectivity index (χ2v) is 4.61. The minimum Gasteiger partial charge on any atom is -0.292 e. The fourth-order valence-electron chi connectivity index (χ4n) is 1.92. The number of hydrogen-bond donors (Lipinski definition) is 0. The minimum absolute atomic E-state index is 0.376. The van der Waals surface area contributed by atoms with Crippen molar-refractivity contribution >= 4 is 34.4 Å². The van der Waals surface area contributed by atoms with E-state index in [-0.39, 0.29) is 0 Å². The number of hydrogen-bond acceptors (Lipinski definition) is 3.